The first-order chi connectivity index (χ1) is 12.5. The van der Waals surface area contributed by atoms with Crippen molar-refractivity contribution >= 4 is 23.4 Å². The van der Waals surface area contributed by atoms with Crippen molar-refractivity contribution in [3.8, 4) is 11.4 Å². The number of hydrogen-bond acceptors (Lipinski definition) is 5. The summed E-state index contributed by atoms with van der Waals surface area (Å²) in [6, 6.07) is 11.5. The molecule has 3 aromatic rings. The van der Waals surface area contributed by atoms with Gasteiger partial charge in [-0.25, -0.2) is 13.5 Å². The molecule has 3 rings (SSSR count). The van der Waals surface area contributed by atoms with Crippen LogP contribution in [0.3, 0.4) is 0 Å². The van der Waals surface area contributed by atoms with Crippen LogP contribution in [0.2, 0.25) is 0 Å². The molecule has 26 heavy (non-hydrogen) atoms. The summed E-state index contributed by atoms with van der Waals surface area (Å²) in [7, 11) is 0. The van der Waals surface area contributed by atoms with Gasteiger partial charge in [-0.05, 0) is 43.3 Å². The van der Waals surface area contributed by atoms with E-state index in [1.807, 2.05) is 0 Å². The van der Waals surface area contributed by atoms with Crippen LogP contribution in [0.1, 0.15) is 6.92 Å². The summed E-state index contributed by atoms with van der Waals surface area (Å²) in [6.07, 6.45) is 0. The highest BCUT2D eigenvalue weighted by molar-refractivity contribution is 8.00. The Labute approximate surface area is 152 Å². The van der Waals surface area contributed by atoms with Crippen molar-refractivity contribution in [2.45, 2.75) is 17.3 Å². The monoisotopic (exact) mass is 375 g/mol. The van der Waals surface area contributed by atoms with Crippen LogP contribution in [0.15, 0.2) is 53.7 Å². The van der Waals surface area contributed by atoms with E-state index in [0.717, 1.165) is 16.4 Å². The van der Waals surface area contributed by atoms with E-state index < -0.39 is 11.1 Å². The highest BCUT2D eigenvalue weighted by Gasteiger charge is 2.21. The number of nitrogens with one attached hydrogen (secondary N) is 1. The first-order valence-corrected chi connectivity index (χ1v) is 8.52. The lowest BCUT2D eigenvalue weighted by Gasteiger charge is -2.11. The molecule has 0 aliphatic heterocycles. The van der Waals surface area contributed by atoms with Crippen LogP contribution in [0.4, 0.5) is 14.5 Å². The number of benzene rings is 2. The fraction of sp³-hybridized carbons (Fsp3) is 0.118. The topological polar surface area (TPSA) is 85.8 Å². The molecule has 9 heteroatoms. The number of carbonyl (C=O) groups excluding carboxylic acids is 1. The predicted molar refractivity (Wildman–Crippen MR) is 95.9 cm³/mol. The molecule has 0 saturated carbocycles. The molecule has 1 unspecified atom stereocenters. The van der Waals surface area contributed by atoms with Crippen molar-refractivity contribution in [2.24, 2.45) is 0 Å². The van der Waals surface area contributed by atoms with E-state index in [1.165, 1.54) is 30.3 Å². The van der Waals surface area contributed by atoms with E-state index in [0.29, 0.717) is 5.69 Å². The number of hydrogen-bond donors (Lipinski definition) is 2. The normalized spacial score (nSPS) is 12.0. The minimum atomic E-state index is -0.556. The van der Waals surface area contributed by atoms with Gasteiger partial charge in [0.05, 0.1) is 10.8 Å². The van der Waals surface area contributed by atoms with Crippen molar-refractivity contribution in [3.63, 3.8) is 0 Å². The third kappa shape index (κ3) is 3.83. The molecule has 1 heterocycles. The SMILES string of the molecule is CC(Sc1nnc(-c2ccccc2F)n1N)C(=O)Nc1ccc(F)cc1. The van der Waals surface area contributed by atoms with Crippen LogP contribution < -0.4 is 11.2 Å². The Hall–Kier alpha value is -2.94. The van der Waals surface area contributed by atoms with Crippen LogP contribution >= 0.6 is 11.8 Å². The van der Waals surface area contributed by atoms with Crippen molar-refractivity contribution in [2.75, 3.05) is 11.2 Å². The summed E-state index contributed by atoms with van der Waals surface area (Å²) in [4.78, 5) is 12.3. The Morgan fingerprint density at radius 3 is 2.54 bits per heavy atom. The minimum Gasteiger partial charge on any atom is -0.335 e. The van der Waals surface area contributed by atoms with Gasteiger partial charge in [-0.3, -0.25) is 4.79 Å². The number of carbonyl (C=O) groups is 1. The zero-order valence-electron chi connectivity index (χ0n) is 13.7. The molecule has 2 aromatic carbocycles. The van der Waals surface area contributed by atoms with Gasteiger partial charge in [0.15, 0.2) is 5.82 Å². The van der Waals surface area contributed by atoms with Crippen molar-refractivity contribution in [1.29, 1.82) is 0 Å². The molecule has 0 saturated heterocycles. The van der Waals surface area contributed by atoms with Crippen LogP contribution in [0.25, 0.3) is 11.4 Å². The average molecular weight is 375 g/mol. The summed E-state index contributed by atoms with van der Waals surface area (Å²) in [5.74, 6) is 4.95. The van der Waals surface area contributed by atoms with Gasteiger partial charge in [-0.2, -0.15) is 0 Å². The largest absolute Gasteiger partial charge is 0.335 e. The predicted octanol–water partition coefficient (Wildman–Crippen LogP) is 3.06. The third-order valence-electron chi connectivity index (χ3n) is 3.54. The molecule has 6 nitrogen and oxygen atoms in total. The highest BCUT2D eigenvalue weighted by atomic mass is 32.2. The maximum atomic E-state index is 13.9. The van der Waals surface area contributed by atoms with Gasteiger partial charge >= 0.3 is 0 Å². The van der Waals surface area contributed by atoms with Gasteiger partial charge < -0.3 is 11.2 Å². The van der Waals surface area contributed by atoms with E-state index in [1.54, 1.807) is 25.1 Å². The zero-order valence-corrected chi connectivity index (χ0v) is 14.5. The van der Waals surface area contributed by atoms with Crippen molar-refractivity contribution in [1.82, 2.24) is 14.9 Å². The number of aromatic nitrogens is 3. The lowest BCUT2D eigenvalue weighted by atomic mass is 10.2. The van der Waals surface area contributed by atoms with Gasteiger partial charge in [-0.15, -0.1) is 10.2 Å². The number of nitrogens with zero attached hydrogens (tertiary/aromatic N) is 3. The molecule has 0 spiro atoms. The summed E-state index contributed by atoms with van der Waals surface area (Å²) in [5.41, 5.74) is 0.697. The molecule has 0 aliphatic rings. The average Bonchev–Trinajstić information content (AvgIpc) is 2.98. The molecule has 0 fully saturated rings. The van der Waals surface area contributed by atoms with Crippen molar-refractivity contribution in [3.05, 3.63) is 60.2 Å². The molecule has 1 atom stereocenters. The van der Waals surface area contributed by atoms with Gasteiger partial charge in [-0.1, -0.05) is 23.9 Å². The Balaban J connectivity index is 1.71. The third-order valence-corrected chi connectivity index (χ3v) is 4.60. The first-order valence-electron chi connectivity index (χ1n) is 7.64. The van der Waals surface area contributed by atoms with E-state index in [9.17, 15) is 13.6 Å². The van der Waals surface area contributed by atoms with Crippen LogP contribution in [-0.2, 0) is 4.79 Å². The lowest BCUT2D eigenvalue weighted by molar-refractivity contribution is -0.115. The van der Waals surface area contributed by atoms with E-state index in [4.69, 9.17) is 5.84 Å². The Morgan fingerprint density at radius 2 is 1.85 bits per heavy atom. The maximum Gasteiger partial charge on any atom is 0.237 e. The fourth-order valence-corrected chi connectivity index (χ4v) is 2.94. The molecule has 3 N–H and O–H groups in total. The Bertz CT molecular complexity index is 929. The number of thioether (sulfide) groups is 1. The van der Waals surface area contributed by atoms with E-state index >= 15 is 0 Å². The second-order valence-electron chi connectivity index (χ2n) is 5.41. The number of amides is 1. The number of nitrogen functional groups attached to an aromatic ring is 1. The number of nitrogens with two attached hydrogens (primary N) is 1. The highest BCUT2D eigenvalue weighted by Crippen LogP contribution is 2.26. The van der Waals surface area contributed by atoms with Crippen LogP contribution in [0.5, 0.6) is 0 Å². The summed E-state index contributed by atoms with van der Waals surface area (Å²) >= 11 is 1.08. The summed E-state index contributed by atoms with van der Waals surface area (Å²) in [5, 5.41) is 10.2. The number of anilines is 1. The summed E-state index contributed by atoms with van der Waals surface area (Å²) < 4.78 is 27.9. The first kappa shape index (κ1) is 17.9. The molecular formula is C17H15F2N5OS. The Kier molecular flexibility index (Phi) is 5.17. The van der Waals surface area contributed by atoms with E-state index in [2.05, 4.69) is 15.5 Å². The lowest BCUT2D eigenvalue weighted by Crippen LogP contribution is -2.23. The zero-order chi connectivity index (χ0) is 18.7. The molecule has 0 bridgehead atoms. The molecule has 0 aliphatic carbocycles. The van der Waals surface area contributed by atoms with Crippen LogP contribution in [0, 0.1) is 11.6 Å². The Morgan fingerprint density at radius 1 is 1.15 bits per heavy atom. The fourth-order valence-electron chi connectivity index (χ4n) is 2.17. The van der Waals surface area contributed by atoms with E-state index in [-0.39, 0.29) is 28.3 Å². The smallest absolute Gasteiger partial charge is 0.237 e. The van der Waals surface area contributed by atoms with Gasteiger partial charge in [0, 0.05) is 5.69 Å². The molecule has 1 aromatic heterocycles. The second kappa shape index (κ2) is 7.52. The van der Waals surface area contributed by atoms with Gasteiger partial charge in [0.2, 0.25) is 11.1 Å². The quantitative estimate of drug-likeness (QED) is 0.529. The van der Waals surface area contributed by atoms with Crippen molar-refractivity contribution < 1.29 is 13.6 Å². The second-order valence-corrected chi connectivity index (χ2v) is 6.72. The van der Waals surface area contributed by atoms with Gasteiger partial charge in [0.25, 0.3) is 0 Å². The van der Waals surface area contributed by atoms with Crippen LogP contribution in [-0.4, -0.2) is 26.0 Å². The maximum absolute atomic E-state index is 13.9. The van der Waals surface area contributed by atoms with Gasteiger partial charge in [0.1, 0.15) is 11.6 Å². The molecule has 134 valence electrons. The molecule has 1 amide bonds. The minimum absolute atomic E-state index is 0.164. The number of rotatable bonds is 5. The number of halogens is 2. The molecular weight excluding hydrogens is 360 g/mol. The molecule has 0 radical (unpaired) electrons. The summed E-state index contributed by atoms with van der Waals surface area (Å²) in [6.45, 7) is 1.67. The standard InChI is InChI=1S/C17H15F2N5OS/c1-10(16(25)21-12-8-6-11(18)7-9-12)26-17-23-22-15(24(17)20)13-4-2-3-5-14(13)19/h2-10H,20H2,1H3,(H,21,25).